The summed E-state index contributed by atoms with van der Waals surface area (Å²) in [7, 11) is 0. The number of thiophene rings is 1. The van der Waals surface area contributed by atoms with Gasteiger partial charge in [-0.1, -0.05) is 36.4 Å². The second kappa shape index (κ2) is 6.40. The molecule has 6 nitrogen and oxygen atoms in total. The van der Waals surface area contributed by atoms with Crippen molar-refractivity contribution in [1.82, 2.24) is 20.5 Å². The fraction of sp³-hybridized carbons (Fsp3) is 0.133. The molecule has 0 aliphatic rings. The maximum atomic E-state index is 12.2. The smallest absolute Gasteiger partial charge is 0.341 e. The topological polar surface area (TPSA) is 90.6 Å². The molecular formula is C15H14N4O2S. The van der Waals surface area contributed by atoms with Crippen molar-refractivity contribution in [3.8, 4) is 0 Å². The molecule has 7 heteroatoms. The number of rotatable bonds is 5. The molecule has 3 rings (SSSR count). The largest absolute Gasteiger partial charge is 0.341 e. The Labute approximate surface area is 130 Å². The van der Waals surface area contributed by atoms with E-state index in [1.165, 1.54) is 0 Å². The highest BCUT2D eigenvalue weighted by Crippen LogP contribution is 2.23. The molecule has 112 valence electrons. The fourth-order valence-corrected chi connectivity index (χ4v) is 2.94. The van der Waals surface area contributed by atoms with Gasteiger partial charge in [-0.2, -0.15) is 0 Å². The number of hydrogen-bond acceptors (Lipinski definition) is 4. The van der Waals surface area contributed by atoms with Gasteiger partial charge in [0.05, 0.1) is 6.04 Å². The number of H-pyrrole nitrogens is 2. The number of carbonyl (C=O) groups excluding carboxylic acids is 1. The molecule has 0 aliphatic carbocycles. The van der Waals surface area contributed by atoms with Gasteiger partial charge < -0.3 is 5.32 Å². The fourth-order valence-electron chi connectivity index (χ4n) is 2.17. The van der Waals surface area contributed by atoms with Crippen LogP contribution in [0.2, 0.25) is 0 Å². The van der Waals surface area contributed by atoms with Crippen LogP contribution in [-0.4, -0.2) is 21.1 Å². The van der Waals surface area contributed by atoms with E-state index in [-0.39, 0.29) is 11.9 Å². The van der Waals surface area contributed by atoms with Crippen molar-refractivity contribution in [2.24, 2.45) is 0 Å². The van der Waals surface area contributed by atoms with Crippen LogP contribution in [0.5, 0.6) is 0 Å². The van der Waals surface area contributed by atoms with Gasteiger partial charge in [-0.3, -0.25) is 9.78 Å². The van der Waals surface area contributed by atoms with Gasteiger partial charge in [0.1, 0.15) is 0 Å². The standard InChI is InChI=1S/C15H14N4O2S/c20-14(13-17-15(21)19-18-13)16-11(12-7-4-8-22-12)9-10-5-2-1-3-6-10/h1-8,11H,9H2,(H,16,20)(H2,17,18,19,21). The van der Waals surface area contributed by atoms with Crippen molar-refractivity contribution < 1.29 is 4.79 Å². The molecule has 1 atom stereocenters. The van der Waals surface area contributed by atoms with Crippen molar-refractivity contribution in [1.29, 1.82) is 0 Å². The lowest BCUT2D eigenvalue weighted by Crippen LogP contribution is -2.30. The third-order valence-corrected chi connectivity index (χ3v) is 4.18. The average Bonchev–Trinajstić information content (AvgIpc) is 3.19. The van der Waals surface area contributed by atoms with Crippen molar-refractivity contribution in [2.45, 2.75) is 12.5 Å². The molecule has 0 fully saturated rings. The van der Waals surface area contributed by atoms with Gasteiger partial charge in [0.15, 0.2) is 0 Å². The Hall–Kier alpha value is -2.67. The minimum atomic E-state index is -0.499. The van der Waals surface area contributed by atoms with E-state index >= 15 is 0 Å². The molecule has 0 aliphatic heterocycles. The van der Waals surface area contributed by atoms with Gasteiger partial charge in [0.25, 0.3) is 5.91 Å². The maximum absolute atomic E-state index is 12.2. The first-order chi connectivity index (χ1) is 10.7. The molecule has 0 spiro atoms. The third kappa shape index (κ3) is 3.32. The summed E-state index contributed by atoms with van der Waals surface area (Å²) >= 11 is 1.58. The molecule has 1 amide bonds. The Bertz CT molecular complexity index is 792. The summed E-state index contributed by atoms with van der Waals surface area (Å²) in [5, 5.41) is 10.7. The number of nitrogens with zero attached hydrogens (tertiary/aromatic N) is 1. The summed E-state index contributed by atoms with van der Waals surface area (Å²) in [6, 6.07) is 13.7. The third-order valence-electron chi connectivity index (χ3n) is 3.19. The van der Waals surface area contributed by atoms with E-state index < -0.39 is 11.6 Å². The number of carbonyl (C=O) groups is 1. The first-order valence-corrected chi connectivity index (χ1v) is 7.63. The Morgan fingerprint density at radius 3 is 2.68 bits per heavy atom. The average molecular weight is 314 g/mol. The Balaban J connectivity index is 1.80. The van der Waals surface area contributed by atoms with Crippen LogP contribution in [0.25, 0.3) is 0 Å². The van der Waals surface area contributed by atoms with Crippen LogP contribution in [-0.2, 0) is 6.42 Å². The molecule has 0 bridgehead atoms. The highest BCUT2D eigenvalue weighted by Gasteiger charge is 2.19. The molecule has 0 saturated carbocycles. The molecule has 2 heterocycles. The Kier molecular flexibility index (Phi) is 4.15. The SMILES string of the molecule is O=C(NC(Cc1ccccc1)c1cccs1)c1n[nH]c(=O)[nH]1. The van der Waals surface area contributed by atoms with E-state index in [9.17, 15) is 9.59 Å². The number of aromatic nitrogens is 3. The number of hydrogen-bond donors (Lipinski definition) is 3. The molecule has 2 aromatic heterocycles. The first-order valence-electron chi connectivity index (χ1n) is 6.75. The quantitative estimate of drug-likeness (QED) is 0.671. The molecule has 3 aromatic rings. The van der Waals surface area contributed by atoms with Crippen LogP contribution in [0.3, 0.4) is 0 Å². The normalized spacial score (nSPS) is 12.0. The van der Waals surface area contributed by atoms with E-state index in [2.05, 4.69) is 20.5 Å². The van der Waals surface area contributed by atoms with Gasteiger partial charge in [0.2, 0.25) is 5.82 Å². The Morgan fingerprint density at radius 2 is 2.05 bits per heavy atom. The summed E-state index contributed by atoms with van der Waals surface area (Å²) in [6.45, 7) is 0. The van der Waals surface area contributed by atoms with Crippen LogP contribution < -0.4 is 11.0 Å². The maximum Gasteiger partial charge on any atom is 0.341 e. The van der Waals surface area contributed by atoms with Crippen LogP contribution in [0, 0.1) is 0 Å². The van der Waals surface area contributed by atoms with E-state index in [4.69, 9.17) is 0 Å². The number of benzene rings is 1. The molecule has 22 heavy (non-hydrogen) atoms. The van der Waals surface area contributed by atoms with Crippen molar-refractivity contribution in [2.75, 3.05) is 0 Å². The predicted molar refractivity (Wildman–Crippen MR) is 83.9 cm³/mol. The van der Waals surface area contributed by atoms with E-state index in [0.717, 1.165) is 10.4 Å². The predicted octanol–water partition coefficient (Wildman–Crippen LogP) is 1.87. The summed E-state index contributed by atoms with van der Waals surface area (Å²) in [4.78, 5) is 26.7. The lowest BCUT2D eigenvalue weighted by molar-refractivity contribution is 0.0927. The zero-order chi connectivity index (χ0) is 15.4. The van der Waals surface area contributed by atoms with Gasteiger partial charge in [-0.25, -0.2) is 9.89 Å². The van der Waals surface area contributed by atoms with E-state index in [1.54, 1.807) is 11.3 Å². The van der Waals surface area contributed by atoms with Crippen LogP contribution in [0.4, 0.5) is 0 Å². The highest BCUT2D eigenvalue weighted by atomic mass is 32.1. The zero-order valence-electron chi connectivity index (χ0n) is 11.6. The summed E-state index contributed by atoms with van der Waals surface area (Å²) < 4.78 is 0. The Morgan fingerprint density at radius 1 is 1.23 bits per heavy atom. The summed E-state index contributed by atoms with van der Waals surface area (Å²) in [6.07, 6.45) is 0.668. The number of aromatic amines is 2. The summed E-state index contributed by atoms with van der Waals surface area (Å²) in [5.41, 5.74) is 0.623. The second-order valence-electron chi connectivity index (χ2n) is 4.76. The molecular weight excluding hydrogens is 300 g/mol. The van der Waals surface area contributed by atoms with Gasteiger partial charge >= 0.3 is 5.69 Å². The molecule has 1 unspecified atom stereocenters. The second-order valence-corrected chi connectivity index (χ2v) is 5.74. The van der Waals surface area contributed by atoms with E-state index in [0.29, 0.717) is 6.42 Å². The van der Waals surface area contributed by atoms with E-state index in [1.807, 2.05) is 47.8 Å². The lowest BCUT2D eigenvalue weighted by Gasteiger charge is -2.17. The van der Waals surface area contributed by atoms with Crippen LogP contribution >= 0.6 is 11.3 Å². The van der Waals surface area contributed by atoms with Gasteiger partial charge in [-0.15, -0.1) is 16.4 Å². The minimum absolute atomic E-state index is 0.0142. The zero-order valence-corrected chi connectivity index (χ0v) is 12.4. The number of nitrogens with one attached hydrogen (secondary N) is 3. The molecule has 3 N–H and O–H groups in total. The van der Waals surface area contributed by atoms with Crippen LogP contribution in [0.1, 0.15) is 27.1 Å². The van der Waals surface area contributed by atoms with Crippen molar-refractivity contribution >= 4 is 17.2 Å². The number of amides is 1. The molecule has 0 radical (unpaired) electrons. The molecule has 0 saturated heterocycles. The van der Waals surface area contributed by atoms with Crippen molar-refractivity contribution in [3.63, 3.8) is 0 Å². The summed E-state index contributed by atoms with van der Waals surface area (Å²) in [5.74, 6) is -0.424. The van der Waals surface area contributed by atoms with Gasteiger partial charge in [-0.05, 0) is 23.4 Å². The van der Waals surface area contributed by atoms with Crippen molar-refractivity contribution in [3.05, 3.63) is 74.6 Å². The lowest BCUT2D eigenvalue weighted by atomic mass is 10.0. The minimum Gasteiger partial charge on any atom is -0.341 e. The monoisotopic (exact) mass is 314 g/mol. The first kappa shape index (κ1) is 14.3. The van der Waals surface area contributed by atoms with Crippen LogP contribution in [0.15, 0.2) is 52.6 Å². The molecule has 1 aromatic carbocycles. The van der Waals surface area contributed by atoms with Gasteiger partial charge in [0, 0.05) is 4.88 Å². The highest BCUT2D eigenvalue weighted by molar-refractivity contribution is 7.10.